The lowest BCUT2D eigenvalue weighted by Crippen LogP contribution is -1.95. The quantitative estimate of drug-likeness (QED) is 0.800. The van der Waals surface area contributed by atoms with Crippen LogP contribution in [-0.4, -0.2) is 20.5 Å². The molecule has 0 aliphatic carbocycles. The number of halogens is 2. The van der Waals surface area contributed by atoms with E-state index in [0.29, 0.717) is 5.02 Å². The van der Waals surface area contributed by atoms with Crippen molar-refractivity contribution < 1.29 is 0 Å². The molecular weight excluding hydrogens is 289 g/mol. The summed E-state index contributed by atoms with van der Waals surface area (Å²) >= 11 is 13.2. The molecule has 0 bridgehead atoms. The molecule has 1 aromatic heterocycles. The molecule has 0 aliphatic heterocycles. The lowest BCUT2D eigenvalue weighted by Gasteiger charge is -2.04. The summed E-state index contributed by atoms with van der Waals surface area (Å²) in [6, 6.07) is 7.59. The van der Waals surface area contributed by atoms with E-state index in [9.17, 15) is 0 Å². The largest absolute Gasteiger partial charge is 0.305 e. The number of rotatable bonds is 4. The zero-order chi connectivity index (χ0) is 13.0. The molecule has 6 heteroatoms. The van der Waals surface area contributed by atoms with Crippen molar-refractivity contribution in [3.8, 4) is 11.4 Å². The van der Waals surface area contributed by atoms with Crippen molar-refractivity contribution in [2.75, 3.05) is 5.75 Å². The Morgan fingerprint density at radius 1 is 1.33 bits per heavy atom. The van der Waals surface area contributed by atoms with E-state index in [1.807, 2.05) is 42.0 Å². The fraction of sp³-hybridized carbons (Fsp3) is 0.167. The summed E-state index contributed by atoms with van der Waals surface area (Å²) < 4.78 is 1.92. The standard InChI is InChI=1S/C12H11Cl2N3S/c1-17-11(9-5-2-3-6-10(9)14)15-16-12(17)18-8-4-7-13/h2-7H,8H2,1H3. The van der Waals surface area contributed by atoms with Gasteiger partial charge in [0, 0.05) is 23.9 Å². The Hall–Kier alpha value is -0.970. The molecular formula is C12H11Cl2N3S. The van der Waals surface area contributed by atoms with Crippen molar-refractivity contribution in [2.45, 2.75) is 5.16 Å². The highest BCUT2D eigenvalue weighted by Gasteiger charge is 2.12. The van der Waals surface area contributed by atoms with E-state index < -0.39 is 0 Å². The van der Waals surface area contributed by atoms with Crippen LogP contribution in [0.3, 0.4) is 0 Å². The van der Waals surface area contributed by atoms with E-state index in [0.717, 1.165) is 22.3 Å². The Morgan fingerprint density at radius 2 is 2.11 bits per heavy atom. The number of benzene rings is 1. The Morgan fingerprint density at radius 3 is 2.83 bits per heavy atom. The second kappa shape index (κ2) is 6.27. The molecule has 0 atom stereocenters. The minimum absolute atomic E-state index is 0.671. The fourth-order valence-electron chi connectivity index (χ4n) is 1.48. The highest BCUT2D eigenvalue weighted by Crippen LogP contribution is 2.28. The molecule has 1 heterocycles. The third-order valence-corrected chi connectivity index (χ3v) is 3.83. The van der Waals surface area contributed by atoms with Crippen LogP contribution < -0.4 is 0 Å². The summed E-state index contributed by atoms with van der Waals surface area (Å²) in [5.74, 6) is 1.52. The van der Waals surface area contributed by atoms with E-state index in [-0.39, 0.29) is 0 Å². The van der Waals surface area contributed by atoms with Crippen molar-refractivity contribution in [2.24, 2.45) is 7.05 Å². The lowest BCUT2D eigenvalue weighted by atomic mass is 10.2. The van der Waals surface area contributed by atoms with Gasteiger partial charge in [0.15, 0.2) is 11.0 Å². The maximum Gasteiger partial charge on any atom is 0.191 e. The van der Waals surface area contributed by atoms with Gasteiger partial charge in [-0.05, 0) is 12.1 Å². The van der Waals surface area contributed by atoms with Gasteiger partial charge in [-0.2, -0.15) is 0 Å². The number of hydrogen-bond acceptors (Lipinski definition) is 3. The number of thioether (sulfide) groups is 1. The van der Waals surface area contributed by atoms with Crippen LogP contribution in [0.5, 0.6) is 0 Å². The summed E-state index contributed by atoms with van der Waals surface area (Å²) in [6.45, 7) is 0. The molecule has 0 saturated carbocycles. The van der Waals surface area contributed by atoms with Crippen LogP contribution in [0.25, 0.3) is 11.4 Å². The second-order valence-corrected chi connectivity index (χ2v) is 5.16. The maximum absolute atomic E-state index is 6.15. The second-order valence-electron chi connectivity index (χ2n) is 3.52. The van der Waals surface area contributed by atoms with Crippen LogP contribution in [0, 0.1) is 0 Å². The molecule has 1 aromatic carbocycles. The van der Waals surface area contributed by atoms with Crippen molar-refractivity contribution in [1.29, 1.82) is 0 Å². The van der Waals surface area contributed by atoms with Crippen molar-refractivity contribution in [3.63, 3.8) is 0 Å². The first kappa shape index (κ1) is 13.5. The normalized spacial score (nSPS) is 11.3. The molecule has 0 N–H and O–H groups in total. The predicted octanol–water partition coefficient (Wildman–Crippen LogP) is 3.98. The Bertz CT molecular complexity index is 566. The maximum atomic E-state index is 6.15. The topological polar surface area (TPSA) is 30.7 Å². The van der Waals surface area contributed by atoms with E-state index in [1.165, 1.54) is 5.54 Å². The molecule has 0 spiro atoms. The first-order valence-corrected chi connectivity index (χ1v) is 7.06. The Labute approximate surface area is 120 Å². The third kappa shape index (κ3) is 2.88. The highest BCUT2D eigenvalue weighted by molar-refractivity contribution is 7.99. The summed E-state index contributed by atoms with van der Waals surface area (Å²) in [5.41, 5.74) is 2.38. The van der Waals surface area contributed by atoms with Crippen molar-refractivity contribution in [1.82, 2.24) is 14.8 Å². The van der Waals surface area contributed by atoms with Gasteiger partial charge < -0.3 is 4.57 Å². The zero-order valence-electron chi connectivity index (χ0n) is 9.68. The average molecular weight is 300 g/mol. The summed E-state index contributed by atoms with van der Waals surface area (Å²) in [5, 5.41) is 9.83. The van der Waals surface area contributed by atoms with Crippen LogP contribution >= 0.6 is 35.0 Å². The van der Waals surface area contributed by atoms with Gasteiger partial charge in [-0.1, -0.05) is 53.2 Å². The van der Waals surface area contributed by atoms with E-state index >= 15 is 0 Å². The molecule has 18 heavy (non-hydrogen) atoms. The first-order valence-electron chi connectivity index (χ1n) is 5.26. The highest BCUT2D eigenvalue weighted by atomic mass is 35.5. The van der Waals surface area contributed by atoms with Crippen LogP contribution in [0.2, 0.25) is 5.02 Å². The predicted molar refractivity (Wildman–Crippen MR) is 77.2 cm³/mol. The van der Waals surface area contributed by atoms with E-state index in [2.05, 4.69) is 10.2 Å². The van der Waals surface area contributed by atoms with Gasteiger partial charge in [-0.3, -0.25) is 0 Å². The molecule has 0 radical (unpaired) electrons. The van der Waals surface area contributed by atoms with Crippen molar-refractivity contribution >= 4 is 35.0 Å². The molecule has 94 valence electrons. The van der Waals surface area contributed by atoms with E-state index in [1.54, 1.807) is 11.8 Å². The number of nitrogens with zero attached hydrogens (tertiary/aromatic N) is 3. The van der Waals surface area contributed by atoms with Gasteiger partial charge in [0.1, 0.15) is 0 Å². The zero-order valence-corrected chi connectivity index (χ0v) is 12.0. The number of aromatic nitrogens is 3. The molecule has 0 saturated heterocycles. The molecule has 0 aliphatic rings. The minimum atomic E-state index is 0.671. The SMILES string of the molecule is Cn1c(SCC=CCl)nnc1-c1ccccc1Cl. The molecule has 0 fully saturated rings. The van der Waals surface area contributed by atoms with Gasteiger partial charge in [0.2, 0.25) is 0 Å². The minimum Gasteiger partial charge on any atom is -0.305 e. The summed E-state index contributed by atoms with van der Waals surface area (Å²) in [7, 11) is 1.92. The lowest BCUT2D eigenvalue weighted by molar-refractivity contribution is 0.795. The van der Waals surface area contributed by atoms with Gasteiger partial charge in [0.25, 0.3) is 0 Å². The van der Waals surface area contributed by atoms with Crippen LogP contribution in [0.15, 0.2) is 41.0 Å². The summed E-state index contributed by atoms with van der Waals surface area (Å²) in [6.07, 6.45) is 1.86. The first-order chi connectivity index (χ1) is 8.74. The van der Waals surface area contributed by atoms with Gasteiger partial charge in [0.05, 0.1) is 5.02 Å². The van der Waals surface area contributed by atoms with Gasteiger partial charge in [-0.25, -0.2) is 0 Å². The molecule has 3 nitrogen and oxygen atoms in total. The molecule has 2 aromatic rings. The summed E-state index contributed by atoms with van der Waals surface area (Å²) in [4.78, 5) is 0. The Kier molecular flexibility index (Phi) is 4.69. The van der Waals surface area contributed by atoms with Crippen molar-refractivity contribution in [3.05, 3.63) is 40.9 Å². The molecule has 2 rings (SSSR count). The Balaban J connectivity index is 2.28. The van der Waals surface area contributed by atoms with Crippen LogP contribution in [0.4, 0.5) is 0 Å². The average Bonchev–Trinajstić information content (AvgIpc) is 2.72. The monoisotopic (exact) mass is 299 g/mol. The van der Waals surface area contributed by atoms with E-state index in [4.69, 9.17) is 23.2 Å². The third-order valence-electron chi connectivity index (χ3n) is 2.35. The van der Waals surface area contributed by atoms with Crippen LogP contribution in [-0.2, 0) is 7.05 Å². The smallest absolute Gasteiger partial charge is 0.191 e. The fourth-order valence-corrected chi connectivity index (χ4v) is 2.61. The molecule has 0 unspecified atom stereocenters. The van der Waals surface area contributed by atoms with Gasteiger partial charge >= 0.3 is 0 Å². The van der Waals surface area contributed by atoms with Gasteiger partial charge in [-0.15, -0.1) is 10.2 Å². The molecule has 0 amide bonds. The number of hydrogen-bond donors (Lipinski definition) is 0. The van der Waals surface area contributed by atoms with Crippen LogP contribution in [0.1, 0.15) is 0 Å².